The number of likely N-dealkylation sites (tertiary alicyclic amines) is 1. The van der Waals surface area contributed by atoms with E-state index in [-0.39, 0.29) is 23.4 Å². The molecule has 2 aromatic rings. The van der Waals surface area contributed by atoms with Crippen molar-refractivity contribution in [1.29, 1.82) is 0 Å². The van der Waals surface area contributed by atoms with Crippen molar-refractivity contribution in [3.8, 4) is 5.75 Å². The van der Waals surface area contributed by atoms with Crippen molar-refractivity contribution in [2.24, 2.45) is 5.92 Å². The number of para-hydroxylation sites is 1. The Kier molecular flexibility index (Phi) is 4.19. The van der Waals surface area contributed by atoms with Gasteiger partial charge in [-0.05, 0) is 37.9 Å². The fourth-order valence-electron chi connectivity index (χ4n) is 5.51. The van der Waals surface area contributed by atoms with E-state index in [1.807, 2.05) is 23.1 Å². The molecule has 0 aliphatic carbocycles. The monoisotopic (exact) mass is 380 g/mol. The van der Waals surface area contributed by atoms with Crippen LogP contribution in [-0.2, 0) is 0 Å². The first-order chi connectivity index (χ1) is 13.7. The molecular weight excluding hydrogens is 356 g/mol. The lowest BCUT2D eigenvalue weighted by atomic mass is 9.75. The summed E-state index contributed by atoms with van der Waals surface area (Å²) in [5.74, 6) is 1.50. The lowest BCUT2D eigenvalue weighted by Gasteiger charge is -2.51. The summed E-state index contributed by atoms with van der Waals surface area (Å²) >= 11 is 0. The van der Waals surface area contributed by atoms with Gasteiger partial charge >= 0.3 is 0 Å². The van der Waals surface area contributed by atoms with E-state index in [4.69, 9.17) is 4.74 Å². The molecule has 0 saturated carbocycles. The van der Waals surface area contributed by atoms with Gasteiger partial charge in [0.05, 0.1) is 19.3 Å². The number of amides is 1. The zero-order valence-electron chi connectivity index (χ0n) is 15.9. The van der Waals surface area contributed by atoms with Gasteiger partial charge in [-0.25, -0.2) is 4.98 Å². The number of hydrogen-bond donors (Lipinski definition) is 1. The lowest BCUT2D eigenvalue weighted by Crippen LogP contribution is -2.60. The van der Waals surface area contributed by atoms with Crippen molar-refractivity contribution in [2.45, 2.75) is 30.8 Å². The van der Waals surface area contributed by atoms with Gasteiger partial charge in [-0.15, -0.1) is 0 Å². The predicted octanol–water partition coefficient (Wildman–Crippen LogP) is 1.48. The smallest absolute Gasteiger partial charge is 0.274 e. The van der Waals surface area contributed by atoms with Gasteiger partial charge in [-0.3, -0.25) is 14.5 Å². The first-order valence-electron chi connectivity index (χ1n) is 9.90. The van der Waals surface area contributed by atoms with Crippen LogP contribution in [0.2, 0.25) is 0 Å². The van der Waals surface area contributed by atoms with E-state index in [1.54, 1.807) is 7.11 Å². The highest BCUT2D eigenvalue weighted by Crippen LogP contribution is 2.48. The second-order valence-corrected chi connectivity index (χ2v) is 7.96. The van der Waals surface area contributed by atoms with Crippen LogP contribution in [0.1, 0.15) is 34.8 Å². The number of aromatic nitrogens is 2. The number of ether oxygens (including phenoxy) is 1. The maximum atomic E-state index is 13.3. The molecule has 146 valence electrons. The molecule has 0 spiro atoms. The van der Waals surface area contributed by atoms with Crippen molar-refractivity contribution in [3.05, 3.63) is 58.3 Å². The standard InChI is InChI=1S/C21H24N4O3/c1-28-17-5-3-2-4-14(17)15-12-25(21(27)16-10-23-18(26)11-22-16)19-13-6-8-24(9-7-13)20(15)19/h2-5,10-11,13,15,19-20H,6-9,12H2,1H3,(H,23,26)/t15-,19+,20+/m0/s1. The first kappa shape index (κ1) is 17.4. The van der Waals surface area contributed by atoms with Gasteiger partial charge in [-0.2, -0.15) is 0 Å². The van der Waals surface area contributed by atoms with Crippen molar-refractivity contribution >= 4 is 5.91 Å². The maximum Gasteiger partial charge on any atom is 0.274 e. The molecule has 4 aliphatic heterocycles. The summed E-state index contributed by atoms with van der Waals surface area (Å²) in [4.78, 5) is 35.9. The zero-order valence-corrected chi connectivity index (χ0v) is 15.9. The highest BCUT2D eigenvalue weighted by Gasteiger charge is 2.55. The molecule has 4 aliphatic rings. The Morgan fingerprint density at radius 3 is 2.71 bits per heavy atom. The van der Waals surface area contributed by atoms with Gasteiger partial charge < -0.3 is 14.6 Å². The molecule has 3 atom stereocenters. The molecule has 2 bridgehead atoms. The zero-order chi connectivity index (χ0) is 19.3. The number of fused-ring (bicyclic) bond motifs is 2. The van der Waals surface area contributed by atoms with Gasteiger partial charge in [0.2, 0.25) is 0 Å². The Bertz CT molecular complexity index is 930. The normalized spacial score (nSPS) is 30.9. The second-order valence-electron chi connectivity index (χ2n) is 7.96. The third-order valence-corrected chi connectivity index (χ3v) is 6.68. The summed E-state index contributed by atoms with van der Waals surface area (Å²) in [6, 6.07) is 8.62. The maximum absolute atomic E-state index is 13.3. The third-order valence-electron chi connectivity index (χ3n) is 6.68. The number of carbonyl (C=O) groups is 1. The summed E-state index contributed by atoms with van der Waals surface area (Å²) < 4.78 is 5.64. The van der Waals surface area contributed by atoms with E-state index in [1.165, 1.54) is 12.4 Å². The SMILES string of the molecule is COc1ccccc1[C@@H]1CN(C(=O)c2c[nH]c(=O)cn2)[C@@H]2C3CCN(CC3)[C@@H]21. The van der Waals surface area contributed by atoms with Gasteiger partial charge in [-0.1, -0.05) is 18.2 Å². The number of hydrogen-bond acceptors (Lipinski definition) is 5. The molecule has 5 heterocycles. The van der Waals surface area contributed by atoms with Gasteiger partial charge in [0.15, 0.2) is 0 Å². The highest BCUT2D eigenvalue weighted by molar-refractivity contribution is 5.92. The van der Waals surface area contributed by atoms with E-state index in [2.05, 4.69) is 20.9 Å². The summed E-state index contributed by atoms with van der Waals surface area (Å²) in [5, 5.41) is 0. The minimum Gasteiger partial charge on any atom is -0.496 e. The van der Waals surface area contributed by atoms with E-state index < -0.39 is 0 Å². The summed E-state index contributed by atoms with van der Waals surface area (Å²) in [7, 11) is 1.70. The van der Waals surface area contributed by atoms with Gasteiger partial charge in [0, 0.05) is 30.3 Å². The molecule has 1 aromatic carbocycles. The molecule has 6 rings (SSSR count). The molecule has 0 unspecified atom stereocenters. The lowest BCUT2D eigenvalue weighted by molar-refractivity contribution is -0.00369. The Morgan fingerprint density at radius 2 is 2.00 bits per heavy atom. The quantitative estimate of drug-likeness (QED) is 0.873. The minimum atomic E-state index is -0.300. The second kappa shape index (κ2) is 6.74. The number of H-pyrrole nitrogens is 1. The van der Waals surface area contributed by atoms with Crippen LogP contribution < -0.4 is 10.3 Å². The fraction of sp³-hybridized carbons (Fsp3) is 0.476. The molecular formula is C21H24N4O3. The number of aromatic amines is 1. The number of carbonyl (C=O) groups excluding carboxylic acids is 1. The average Bonchev–Trinajstić information content (AvgIpc) is 3.17. The van der Waals surface area contributed by atoms with Crippen LogP contribution in [0.3, 0.4) is 0 Å². The number of rotatable bonds is 3. The van der Waals surface area contributed by atoms with Crippen LogP contribution in [0, 0.1) is 5.92 Å². The predicted molar refractivity (Wildman–Crippen MR) is 104 cm³/mol. The van der Waals surface area contributed by atoms with Crippen LogP contribution in [0.4, 0.5) is 0 Å². The largest absolute Gasteiger partial charge is 0.496 e. The van der Waals surface area contributed by atoms with Crippen LogP contribution in [0.5, 0.6) is 5.75 Å². The summed E-state index contributed by atoms with van der Waals surface area (Å²) in [6.07, 6.45) is 4.86. The molecule has 7 nitrogen and oxygen atoms in total. The summed E-state index contributed by atoms with van der Waals surface area (Å²) in [6.45, 7) is 2.83. The number of nitrogens with one attached hydrogen (secondary N) is 1. The van der Waals surface area contributed by atoms with E-state index in [9.17, 15) is 9.59 Å². The average molecular weight is 380 g/mol. The van der Waals surface area contributed by atoms with Gasteiger partial charge in [0.25, 0.3) is 11.5 Å². The van der Waals surface area contributed by atoms with E-state index in [0.29, 0.717) is 24.2 Å². The number of methoxy groups -OCH3 is 1. The highest BCUT2D eigenvalue weighted by atomic mass is 16.5. The molecule has 1 N–H and O–H groups in total. The van der Waals surface area contributed by atoms with Crippen molar-refractivity contribution in [2.75, 3.05) is 26.7 Å². The van der Waals surface area contributed by atoms with Crippen LogP contribution in [0.15, 0.2) is 41.5 Å². The first-order valence-corrected chi connectivity index (χ1v) is 9.90. The Labute approximate surface area is 163 Å². The molecule has 1 aromatic heterocycles. The Balaban J connectivity index is 1.55. The molecule has 0 radical (unpaired) electrons. The van der Waals surface area contributed by atoms with Crippen LogP contribution >= 0.6 is 0 Å². The fourth-order valence-corrected chi connectivity index (χ4v) is 5.51. The van der Waals surface area contributed by atoms with E-state index in [0.717, 1.165) is 37.2 Å². The molecule has 7 heteroatoms. The van der Waals surface area contributed by atoms with Crippen LogP contribution in [0.25, 0.3) is 0 Å². The third kappa shape index (κ3) is 2.64. The number of nitrogens with zero attached hydrogens (tertiary/aromatic N) is 3. The van der Waals surface area contributed by atoms with E-state index >= 15 is 0 Å². The molecule has 4 saturated heterocycles. The molecule has 4 fully saturated rings. The molecule has 28 heavy (non-hydrogen) atoms. The molecule has 1 amide bonds. The Hall–Kier alpha value is -2.67. The van der Waals surface area contributed by atoms with Crippen molar-refractivity contribution in [3.63, 3.8) is 0 Å². The van der Waals surface area contributed by atoms with Crippen molar-refractivity contribution < 1.29 is 9.53 Å². The van der Waals surface area contributed by atoms with Crippen LogP contribution in [-0.4, -0.2) is 64.5 Å². The topological polar surface area (TPSA) is 78.5 Å². The Morgan fingerprint density at radius 1 is 1.21 bits per heavy atom. The van der Waals surface area contributed by atoms with Crippen molar-refractivity contribution in [1.82, 2.24) is 19.8 Å². The number of benzene rings is 1. The number of piperidine rings is 3. The minimum absolute atomic E-state index is 0.0996. The summed E-state index contributed by atoms with van der Waals surface area (Å²) in [5.41, 5.74) is 1.17. The van der Waals surface area contributed by atoms with Gasteiger partial charge in [0.1, 0.15) is 11.4 Å².